The zero-order chi connectivity index (χ0) is 14.0. The smallest absolute Gasteiger partial charge is 0.155 e. The van der Waals surface area contributed by atoms with Crippen LogP contribution in [0.3, 0.4) is 0 Å². The van der Waals surface area contributed by atoms with E-state index in [0.29, 0.717) is 37.3 Å². The minimum absolute atomic E-state index is 0.458. The van der Waals surface area contributed by atoms with Crippen LogP contribution in [0.5, 0.6) is 5.75 Å². The van der Waals surface area contributed by atoms with Crippen molar-refractivity contribution in [3.8, 4) is 5.75 Å². The Kier molecular flexibility index (Phi) is 7.65. The Bertz CT molecular complexity index is 364. The Morgan fingerprint density at radius 2 is 1.70 bits per heavy atom. The van der Waals surface area contributed by atoms with Gasteiger partial charge in [-0.25, -0.2) is 0 Å². The van der Waals surface area contributed by atoms with Crippen LogP contribution >= 0.6 is 11.8 Å². The highest BCUT2D eigenvalue weighted by molar-refractivity contribution is 8.05. The van der Waals surface area contributed by atoms with Crippen molar-refractivity contribution in [2.75, 3.05) is 56.5 Å². The quantitative estimate of drug-likeness (QED) is 0.544. The van der Waals surface area contributed by atoms with E-state index >= 15 is 0 Å². The average molecular weight is 315 g/mol. The van der Waals surface area contributed by atoms with Gasteiger partial charge in [0.2, 0.25) is 0 Å². The van der Waals surface area contributed by atoms with Crippen LogP contribution in [-0.4, -0.2) is 56.5 Å². The van der Waals surface area contributed by atoms with Gasteiger partial charge in [0.1, 0.15) is 23.9 Å². The molecule has 2 rings (SSSR count). The largest absolute Gasteiger partial charge is 0.491 e. The molecule has 0 aromatic heterocycles. The molecule has 1 aromatic carbocycles. The maximum atomic E-state index is 5.66. The normalized spacial score (nSPS) is 16.2. The summed E-state index contributed by atoms with van der Waals surface area (Å²) in [5.41, 5.74) is 0. The van der Waals surface area contributed by atoms with Gasteiger partial charge in [-0.3, -0.25) is 0 Å². The number of rotatable bonds is 8. The fourth-order valence-corrected chi connectivity index (χ4v) is 5.90. The summed E-state index contributed by atoms with van der Waals surface area (Å²) < 4.78 is 15.9. The van der Waals surface area contributed by atoms with Crippen molar-refractivity contribution in [3.63, 3.8) is 0 Å². The Labute approximate surface area is 128 Å². The molecule has 0 aliphatic carbocycles. The van der Waals surface area contributed by atoms with E-state index < -0.39 is 0 Å². The molecule has 0 unspecified atom stereocenters. The number of methoxy groups -OCH3 is 1. The van der Waals surface area contributed by atoms with E-state index in [-0.39, 0.29) is 0 Å². The molecule has 0 N–H and O–H groups in total. The molecule has 1 aliphatic rings. The molecule has 1 saturated heterocycles. The summed E-state index contributed by atoms with van der Waals surface area (Å²) >= 11 is 2.08. The average Bonchev–Trinajstić information content (AvgIpc) is 2.52. The predicted molar refractivity (Wildman–Crippen MR) is 87.3 cm³/mol. The lowest BCUT2D eigenvalue weighted by molar-refractivity contribution is 0.0544. The number of ether oxygens (including phenoxy) is 3. The second-order valence-corrected chi connectivity index (χ2v) is 7.94. The van der Waals surface area contributed by atoms with Crippen molar-refractivity contribution in [2.24, 2.45) is 0 Å². The van der Waals surface area contributed by atoms with Gasteiger partial charge in [0.05, 0.1) is 19.8 Å². The summed E-state index contributed by atoms with van der Waals surface area (Å²) in [4.78, 5) is 1.48. The molecule has 1 fully saturated rings. The van der Waals surface area contributed by atoms with E-state index in [1.807, 2.05) is 0 Å². The molecule has 1 heterocycles. The third kappa shape index (κ3) is 5.56. The Hall–Kier alpha value is -0.360. The van der Waals surface area contributed by atoms with Gasteiger partial charge >= 0.3 is 0 Å². The lowest BCUT2D eigenvalue weighted by Gasteiger charge is -2.13. The first kappa shape index (κ1) is 16.0. The maximum Gasteiger partial charge on any atom is 0.155 e. The third-order valence-corrected chi connectivity index (χ3v) is 6.87. The molecular weight excluding hydrogens is 292 g/mol. The van der Waals surface area contributed by atoms with Crippen LogP contribution < -0.4 is 4.74 Å². The first-order chi connectivity index (χ1) is 9.90. The highest BCUT2D eigenvalue weighted by atomic mass is 32.2. The van der Waals surface area contributed by atoms with Crippen molar-refractivity contribution in [1.82, 2.24) is 0 Å². The summed E-state index contributed by atoms with van der Waals surface area (Å²) in [6, 6.07) is 8.61. The molecule has 0 amide bonds. The van der Waals surface area contributed by atoms with Crippen LogP contribution in [0.25, 0.3) is 0 Å². The Balaban J connectivity index is 1.68. The molecular formula is C15H23O3S2+. The Morgan fingerprint density at radius 3 is 2.40 bits per heavy atom. The predicted octanol–water partition coefficient (Wildman–Crippen LogP) is 2.45. The fourth-order valence-electron chi connectivity index (χ4n) is 1.95. The second kappa shape index (κ2) is 9.55. The molecule has 20 heavy (non-hydrogen) atoms. The van der Waals surface area contributed by atoms with Crippen molar-refractivity contribution in [3.05, 3.63) is 24.3 Å². The molecule has 0 spiro atoms. The maximum absolute atomic E-state index is 5.66. The molecule has 0 bridgehead atoms. The van der Waals surface area contributed by atoms with Gasteiger partial charge in [-0.05, 0) is 24.3 Å². The number of hydrogen-bond donors (Lipinski definition) is 0. The molecule has 1 aromatic rings. The summed E-state index contributed by atoms with van der Waals surface area (Å²) in [5, 5.41) is 0. The lowest BCUT2D eigenvalue weighted by Crippen LogP contribution is -2.21. The first-order valence-corrected chi connectivity index (χ1v) is 9.66. The minimum Gasteiger partial charge on any atom is -0.491 e. The molecule has 0 radical (unpaired) electrons. The number of hydrogen-bond acceptors (Lipinski definition) is 4. The van der Waals surface area contributed by atoms with Gasteiger partial charge < -0.3 is 14.2 Å². The van der Waals surface area contributed by atoms with Crippen LogP contribution in [0, 0.1) is 0 Å². The highest BCUT2D eigenvalue weighted by Gasteiger charge is 2.24. The van der Waals surface area contributed by atoms with Crippen molar-refractivity contribution in [1.29, 1.82) is 0 Å². The monoisotopic (exact) mass is 315 g/mol. The summed E-state index contributed by atoms with van der Waals surface area (Å²) in [7, 11) is 2.13. The minimum atomic E-state index is 0.458. The van der Waals surface area contributed by atoms with Crippen LogP contribution in [0.15, 0.2) is 29.2 Å². The van der Waals surface area contributed by atoms with Crippen molar-refractivity contribution in [2.45, 2.75) is 4.90 Å². The highest BCUT2D eigenvalue weighted by Crippen LogP contribution is 2.23. The standard InChI is InChI=1S/C15H23O3S2/c1-16-6-7-17-8-9-18-14-2-4-15(5-3-14)20-12-10-19-11-13-20/h2-5H,6-13H2,1H3/q+1. The van der Waals surface area contributed by atoms with Crippen LogP contribution in [-0.2, 0) is 20.4 Å². The van der Waals surface area contributed by atoms with Crippen molar-refractivity contribution < 1.29 is 14.2 Å². The fraction of sp³-hybridized carbons (Fsp3) is 0.600. The lowest BCUT2D eigenvalue weighted by atomic mass is 10.3. The van der Waals surface area contributed by atoms with E-state index in [1.165, 1.54) is 27.9 Å². The molecule has 0 saturated carbocycles. The summed E-state index contributed by atoms with van der Waals surface area (Å²) in [5.74, 6) is 6.20. The topological polar surface area (TPSA) is 27.7 Å². The van der Waals surface area contributed by atoms with Gasteiger partial charge in [0, 0.05) is 29.5 Å². The zero-order valence-corrected chi connectivity index (χ0v) is 13.6. The van der Waals surface area contributed by atoms with Gasteiger partial charge in [0.15, 0.2) is 4.90 Å². The SMILES string of the molecule is COCCOCCOc1ccc([S+]2CCSCC2)cc1. The molecule has 0 atom stereocenters. The van der Waals surface area contributed by atoms with Gasteiger partial charge in [0.25, 0.3) is 0 Å². The first-order valence-electron chi connectivity index (χ1n) is 6.95. The molecule has 112 valence electrons. The molecule has 1 aliphatic heterocycles. The zero-order valence-electron chi connectivity index (χ0n) is 12.0. The van der Waals surface area contributed by atoms with Gasteiger partial charge in [-0.15, -0.1) is 0 Å². The Morgan fingerprint density at radius 1 is 1.00 bits per heavy atom. The van der Waals surface area contributed by atoms with E-state index in [0.717, 1.165) is 5.75 Å². The third-order valence-electron chi connectivity index (χ3n) is 3.03. The van der Waals surface area contributed by atoms with E-state index in [2.05, 4.69) is 36.0 Å². The summed E-state index contributed by atoms with van der Waals surface area (Å²) in [6.07, 6.45) is 0. The van der Waals surface area contributed by atoms with Crippen molar-refractivity contribution >= 4 is 22.7 Å². The number of benzene rings is 1. The van der Waals surface area contributed by atoms with Gasteiger partial charge in [-0.1, -0.05) is 0 Å². The van der Waals surface area contributed by atoms with E-state index in [9.17, 15) is 0 Å². The van der Waals surface area contributed by atoms with Crippen LogP contribution in [0.1, 0.15) is 0 Å². The van der Waals surface area contributed by atoms with Crippen LogP contribution in [0.2, 0.25) is 0 Å². The number of thioether (sulfide) groups is 1. The van der Waals surface area contributed by atoms with Gasteiger partial charge in [-0.2, -0.15) is 11.8 Å². The molecule has 3 nitrogen and oxygen atoms in total. The van der Waals surface area contributed by atoms with E-state index in [1.54, 1.807) is 7.11 Å². The van der Waals surface area contributed by atoms with Crippen LogP contribution in [0.4, 0.5) is 0 Å². The molecule has 5 heteroatoms. The van der Waals surface area contributed by atoms with E-state index in [4.69, 9.17) is 14.2 Å². The summed E-state index contributed by atoms with van der Waals surface area (Å²) in [6.45, 7) is 2.45. The second-order valence-electron chi connectivity index (χ2n) is 4.44.